The SMILES string of the molecule is C=C1CC[C@H](OC)C/C1=C/C=C1\CCC[C@]2(C)[C@@H]([C@H](C)/C=C/[C@H](C)C(C)C)CC[C@@H]12. The zero-order valence-corrected chi connectivity index (χ0v) is 20.5. The largest absolute Gasteiger partial charge is 0.381 e. The van der Waals surface area contributed by atoms with E-state index in [1.807, 2.05) is 7.11 Å². The zero-order valence-electron chi connectivity index (χ0n) is 20.5. The molecule has 0 aromatic carbocycles. The molecule has 3 aliphatic carbocycles. The van der Waals surface area contributed by atoms with Crippen molar-refractivity contribution in [2.45, 2.75) is 92.1 Å². The molecule has 0 aromatic heterocycles. The lowest BCUT2D eigenvalue weighted by molar-refractivity contribution is 0.0909. The average molecular weight is 411 g/mol. The Morgan fingerprint density at radius 2 is 1.80 bits per heavy atom. The van der Waals surface area contributed by atoms with Crippen LogP contribution in [0.25, 0.3) is 0 Å². The van der Waals surface area contributed by atoms with E-state index in [1.165, 1.54) is 43.3 Å². The zero-order chi connectivity index (χ0) is 21.9. The Kier molecular flexibility index (Phi) is 7.88. The molecule has 30 heavy (non-hydrogen) atoms. The molecule has 6 atom stereocenters. The molecule has 3 fully saturated rings. The van der Waals surface area contributed by atoms with Crippen LogP contribution in [0.15, 0.2) is 47.6 Å². The lowest BCUT2D eigenvalue weighted by Crippen LogP contribution is -2.35. The third-order valence-corrected chi connectivity index (χ3v) is 8.94. The summed E-state index contributed by atoms with van der Waals surface area (Å²) >= 11 is 0. The molecule has 0 radical (unpaired) electrons. The average Bonchev–Trinajstić information content (AvgIpc) is 3.08. The number of allylic oxidation sites excluding steroid dienone is 6. The van der Waals surface area contributed by atoms with E-state index in [4.69, 9.17) is 4.74 Å². The smallest absolute Gasteiger partial charge is 0.0614 e. The molecule has 0 saturated heterocycles. The van der Waals surface area contributed by atoms with Crippen LogP contribution in [0.3, 0.4) is 0 Å². The number of fused-ring (bicyclic) bond motifs is 1. The number of methoxy groups -OCH3 is 1. The second kappa shape index (κ2) is 10.0. The van der Waals surface area contributed by atoms with Crippen molar-refractivity contribution in [2.75, 3.05) is 7.11 Å². The van der Waals surface area contributed by atoms with Gasteiger partial charge in [-0.05, 0) is 91.9 Å². The Balaban J connectivity index is 1.75. The summed E-state index contributed by atoms with van der Waals surface area (Å²) in [5.74, 6) is 3.66. The monoisotopic (exact) mass is 410 g/mol. The minimum absolute atomic E-state index is 0.369. The summed E-state index contributed by atoms with van der Waals surface area (Å²) < 4.78 is 5.63. The topological polar surface area (TPSA) is 9.23 Å². The van der Waals surface area contributed by atoms with Crippen LogP contribution in [0.5, 0.6) is 0 Å². The third-order valence-electron chi connectivity index (χ3n) is 8.94. The van der Waals surface area contributed by atoms with Crippen LogP contribution in [0.2, 0.25) is 0 Å². The van der Waals surface area contributed by atoms with Gasteiger partial charge in [-0.3, -0.25) is 0 Å². The van der Waals surface area contributed by atoms with Crippen LogP contribution >= 0.6 is 0 Å². The molecule has 0 N–H and O–H groups in total. The Bertz CT molecular complexity index is 693. The molecule has 3 aliphatic rings. The Labute approximate surface area is 186 Å². The highest BCUT2D eigenvalue weighted by atomic mass is 16.5. The van der Waals surface area contributed by atoms with Crippen molar-refractivity contribution >= 4 is 0 Å². The van der Waals surface area contributed by atoms with E-state index < -0.39 is 0 Å². The molecule has 0 spiro atoms. The second-order valence-electron chi connectivity index (χ2n) is 11.1. The molecule has 168 valence electrons. The molecule has 3 rings (SSSR count). The molecule has 0 heterocycles. The van der Waals surface area contributed by atoms with E-state index in [0.717, 1.165) is 37.0 Å². The van der Waals surface area contributed by atoms with Gasteiger partial charge in [0.25, 0.3) is 0 Å². The van der Waals surface area contributed by atoms with Gasteiger partial charge >= 0.3 is 0 Å². The first-order valence-corrected chi connectivity index (χ1v) is 12.5. The molecular weight excluding hydrogens is 364 g/mol. The Morgan fingerprint density at radius 1 is 1.03 bits per heavy atom. The van der Waals surface area contributed by atoms with Crippen molar-refractivity contribution in [3.63, 3.8) is 0 Å². The predicted molar refractivity (Wildman–Crippen MR) is 130 cm³/mol. The van der Waals surface area contributed by atoms with Gasteiger partial charge in [-0.15, -0.1) is 0 Å². The maximum atomic E-state index is 5.63. The summed E-state index contributed by atoms with van der Waals surface area (Å²) in [4.78, 5) is 0. The summed E-state index contributed by atoms with van der Waals surface area (Å²) in [5, 5.41) is 0. The maximum absolute atomic E-state index is 5.63. The first-order valence-electron chi connectivity index (χ1n) is 12.5. The highest BCUT2D eigenvalue weighted by Crippen LogP contribution is 2.59. The van der Waals surface area contributed by atoms with Crippen LogP contribution in [0, 0.1) is 35.0 Å². The van der Waals surface area contributed by atoms with E-state index in [1.54, 1.807) is 5.57 Å². The fourth-order valence-electron chi connectivity index (χ4n) is 6.43. The molecule has 0 aliphatic heterocycles. The molecule has 0 amide bonds. The normalized spacial score (nSPS) is 37.3. The fraction of sp³-hybridized carbons (Fsp3) is 0.724. The van der Waals surface area contributed by atoms with E-state index in [0.29, 0.717) is 23.4 Å². The first-order chi connectivity index (χ1) is 14.3. The summed E-state index contributed by atoms with van der Waals surface area (Å²) in [6.07, 6.45) is 20.3. The third kappa shape index (κ3) is 5.04. The van der Waals surface area contributed by atoms with Crippen LogP contribution in [0.4, 0.5) is 0 Å². The van der Waals surface area contributed by atoms with Gasteiger partial charge in [0.1, 0.15) is 0 Å². The van der Waals surface area contributed by atoms with Crippen molar-refractivity contribution in [3.8, 4) is 0 Å². The van der Waals surface area contributed by atoms with Gasteiger partial charge < -0.3 is 4.74 Å². The van der Waals surface area contributed by atoms with E-state index in [2.05, 4.69) is 65.5 Å². The summed E-state index contributed by atoms with van der Waals surface area (Å²) in [6, 6.07) is 0. The van der Waals surface area contributed by atoms with Crippen molar-refractivity contribution in [1.82, 2.24) is 0 Å². The Hall–Kier alpha value is -1.08. The van der Waals surface area contributed by atoms with Gasteiger partial charge in [-0.1, -0.05) is 76.6 Å². The van der Waals surface area contributed by atoms with E-state index in [9.17, 15) is 0 Å². The van der Waals surface area contributed by atoms with Crippen molar-refractivity contribution in [2.24, 2.45) is 35.0 Å². The van der Waals surface area contributed by atoms with Gasteiger partial charge in [0.15, 0.2) is 0 Å². The van der Waals surface area contributed by atoms with E-state index in [-0.39, 0.29) is 0 Å². The minimum Gasteiger partial charge on any atom is -0.381 e. The lowest BCUT2D eigenvalue weighted by atomic mass is 9.61. The highest BCUT2D eigenvalue weighted by molar-refractivity contribution is 5.36. The molecule has 0 unspecified atom stereocenters. The van der Waals surface area contributed by atoms with Gasteiger partial charge in [0.2, 0.25) is 0 Å². The van der Waals surface area contributed by atoms with Crippen LogP contribution < -0.4 is 0 Å². The highest BCUT2D eigenvalue weighted by Gasteiger charge is 2.50. The number of hydrogen-bond acceptors (Lipinski definition) is 1. The number of rotatable bonds is 6. The number of ether oxygens (including phenoxy) is 1. The molecule has 1 heteroatoms. The van der Waals surface area contributed by atoms with Gasteiger partial charge in [-0.25, -0.2) is 0 Å². The maximum Gasteiger partial charge on any atom is 0.0614 e. The molecule has 0 bridgehead atoms. The first kappa shape index (κ1) is 23.6. The Morgan fingerprint density at radius 3 is 2.50 bits per heavy atom. The van der Waals surface area contributed by atoms with E-state index >= 15 is 0 Å². The quantitative estimate of drug-likeness (QED) is 0.400. The van der Waals surface area contributed by atoms with Crippen molar-refractivity contribution in [3.05, 3.63) is 47.6 Å². The van der Waals surface area contributed by atoms with Crippen LogP contribution in [0.1, 0.15) is 86.0 Å². The molecular formula is C29H46O. The number of hydrogen-bond donors (Lipinski definition) is 0. The lowest BCUT2D eigenvalue weighted by Gasteiger charge is -2.44. The summed E-state index contributed by atoms with van der Waals surface area (Å²) in [7, 11) is 1.84. The van der Waals surface area contributed by atoms with Gasteiger partial charge in [-0.2, -0.15) is 0 Å². The molecule has 3 saturated carbocycles. The molecule has 0 aromatic rings. The fourth-order valence-corrected chi connectivity index (χ4v) is 6.43. The predicted octanol–water partition coefficient (Wildman–Crippen LogP) is 8.30. The summed E-state index contributed by atoms with van der Waals surface area (Å²) in [5.41, 5.74) is 4.91. The second-order valence-corrected chi connectivity index (χ2v) is 11.1. The van der Waals surface area contributed by atoms with Crippen molar-refractivity contribution in [1.29, 1.82) is 0 Å². The minimum atomic E-state index is 0.369. The van der Waals surface area contributed by atoms with Crippen LogP contribution in [-0.2, 0) is 4.74 Å². The van der Waals surface area contributed by atoms with Gasteiger partial charge in [0.05, 0.1) is 6.10 Å². The van der Waals surface area contributed by atoms with Gasteiger partial charge in [0, 0.05) is 7.11 Å². The standard InChI is InChI=1S/C29H46O/c1-20(2)21(3)10-11-23(5)27-16-17-28-24(9-8-18-29(27,28)6)13-14-25-19-26(30-7)15-12-22(25)4/h10-11,13-14,20-21,23,26-28H,4,8-9,12,15-19H2,1-3,5-7H3/b11-10+,24-13+,25-14-/t21-,23+,26-,27+,28-,29+/m0/s1. The molecule has 1 nitrogen and oxygen atoms in total. The van der Waals surface area contributed by atoms with Crippen LogP contribution in [-0.4, -0.2) is 13.2 Å². The van der Waals surface area contributed by atoms with Crippen molar-refractivity contribution < 1.29 is 4.74 Å². The summed E-state index contributed by atoms with van der Waals surface area (Å²) in [6.45, 7) is 16.4.